The molecule has 0 saturated carbocycles. The molecule has 1 aromatic heterocycles. The van der Waals surface area contributed by atoms with E-state index in [4.69, 9.17) is 4.74 Å². The van der Waals surface area contributed by atoms with Crippen molar-refractivity contribution in [2.24, 2.45) is 5.10 Å². The van der Waals surface area contributed by atoms with Crippen molar-refractivity contribution in [1.29, 1.82) is 0 Å². The van der Waals surface area contributed by atoms with Gasteiger partial charge in [0.1, 0.15) is 5.75 Å². The minimum absolute atomic E-state index is 0.0935. The second kappa shape index (κ2) is 8.60. The van der Waals surface area contributed by atoms with E-state index >= 15 is 0 Å². The predicted octanol–water partition coefficient (Wildman–Crippen LogP) is 3.45. The Morgan fingerprint density at radius 2 is 2.14 bits per heavy atom. The molecule has 22 heavy (non-hydrogen) atoms. The summed E-state index contributed by atoms with van der Waals surface area (Å²) >= 11 is 3.16. The standard InChI is InChI=1S/C16H18N2O2S2/c1-12-7-8-22-15(12)9-17-18-16(19)11-21-10-13-3-5-14(20-2)6-4-13/h3-9H,10-11H2,1-2H3,(H,18,19)/b17-9+. The predicted molar refractivity (Wildman–Crippen MR) is 93.9 cm³/mol. The molecule has 1 amide bonds. The molecule has 0 aliphatic heterocycles. The third-order valence-corrected chi connectivity index (χ3v) is 4.89. The molecule has 2 aromatic rings. The summed E-state index contributed by atoms with van der Waals surface area (Å²) in [6.07, 6.45) is 1.69. The number of thiophene rings is 1. The van der Waals surface area contributed by atoms with Crippen molar-refractivity contribution in [2.75, 3.05) is 12.9 Å². The number of thioether (sulfide) groups is 1. The summed E-state index contributed by atoms with van der Waals surface area (Å²) < 4.78 is 5.11. The second-order valence-electron chi connectivity index (χ2n) is 4.60. The highest BCUT2D eigenvalue weighted by molar-refractivity contribution is 7.99. The van der Waals surface area contributed by atoms with Crippen LogP contribution in [0.1, 0.15) is 16.0 Å². The van der Waals surface area contributed by atoms with E-state index in [1.807, 2.05) is 42.6 Å². The second-order valence-corrected chi connectivity index (χ2v) is 6.54. The molecule has 0 atom stereocenters. The quantitative estimate of drug-likeness (QED) is 0.623. The lowest BCUT2D eigenvalue weighted by atomic mass is 10.2. The van der Waals surface area contributed by atoms with Crippen LogP contribution in [0.5, 0.6) is 5.75 Å². The topological polar surface area (TPSA) is 50.7 Å². The molecular weight excluding hydrogens is 316 g/mol. The van der Waals surface area contributed by atoms with Crippen LogP contribution >= 0.6 is 23.1 Å². The number of rotatable bonds is 7. The lowest BCUT2D eigenvalue weighted by molar-refractivity contribution is -0.118. The van der Waals surface area contributed by atoms with Crippen LogP contribution in [0, 0.1) is 6.92 Å². The first-order valence-corrected chi connectivity index (χ1v) is 8.79. The van der Waals surface area contributed by atoms with Gasteiger partial charge in [-0.25, -0.2) is 5.43 Å². The summed E-state index contributed by atoms with van der Waals surface area (Å²) in [6, 6.07) is 9.87. The average Bonchev–Trinajstić information content (AvgIpc) is 2.93. The van der Waals surface area contributed by atoms with Crippen molar-refractivity contribution in [3.8, 4) is 5.75 Å². The summed E-state index contributed by atoms with van der Waals surface area (Å²) in [5.74, 6) is 1.91. The van der Waals surface area contributed by atoms with E-state index in [9.17, 15) is 4.79 Å². The van der Waals surface area contributed by atoms with Gasteiger partial charge in [-0.05, 0) is 41.6 Å². The lowest BCUT2D eigenvalue weighted by Crippen LogP contribution is -2.19. The first kappa shape index (κ1) is 16.6. The zero-order chi connectivity index (χ0) is 15.8. The molecule has 0 fully saturated rings. The third kappa shape index (κ3) is 5.20. The Morgan fingerprint density at radius 3 is 2.77 bits per heavy atom. The van der Waals surface area contributed by atoms with E-state index in [1.165, 1.54) is 0 Å². The summed E-state index contributed by atoms with van der Waals surface area (Å²) in [5.41, 5.74) is 4.88. The van der Waals surface area contributed by atoms with Gasteiger partial charge >= 0.3 is 0 Å². The summed E-state index contributed by atoms with van der Waals surface area (Å²) in [7, 11) is 1.65. The SMILES string of the molecule is COc1ccc(CSCC(=O)N/N=C/c2sccc2C)cc1. The third-order valence-electron chi connectivity index (χ3n) is 2.93. The number of carbonyl (C=O) groups excluding carboxylic acids is 1. The van der Waals surface area contributed by atoms with Gasteiger partial charge in [0.05, 0.1) is 19.1 Å². The normalized spacial score (nSPS) is 10.8. The highest BCUT2D eigenvalue weighted by atomic mass is 32.2. The molecule has 2 rings (SSSR count). The van der Waals surface area contributed by atoms with Gasteiger partial charge in [-0.2, -0.15) is 5.10 Å². The van der Waals surface area contributed by atoms with Crippen LogP contribution in [0.15, 0.2) is 40.8 Å². The Labute approximate surface area is 138 Å². The number of benzene rings is 1. The van der Waals surface area contributed by atoms with Gasteiger partial charge in [0, 0.05) is 10.6 Å². The van der Waals surface area contributed by atoms with Gasteiger partial charge in [-0.1, -0.05) is 12.1 Å². The molecule has 4 nitrogen and oxygen atoms in total. The maximum absolute atomic E-state index is 11.7. The number of aryl methyl sites for hydroxylation is 1. The Balaban J connectivity index is 1.69. The maximum atomic E-state index is 11.7. The number of amides is 1. The number of ether oxygens (including phenoxy) is 1. The summed E-state index contributed by atoms with van der Waals surface area (Å²) in [4.78, 5) is 12.7. The number of nitrogens with zero attached hydrogens (tertiary/aromatic N) is 1. The van der Waals surface area contributed by atoms with Crippen LogP contribution in [-0.2, 0) is 10.5 Å². The zero-order valence-corrected chi connectivity index (χ0v) is 14.2. The van der Waals surface area contributed by atoms with Crippen molar-refractivity contribution in [3.63, 3.8) is 0 Å². The molecule has 6 heteroatoms. The Bertz CT molecular complexity index is 636. The fourth-order valence-corrected chi connectivity index (χ4v) is 3.26. The molecule has 116 valence electrons. The van der Waals surface area contributed by atoms with E-state index in [1.54, 1.807) is 36.4 Å². The molecule has 1 aromatic carbocycles. The monoisotopic (exact) mass is 334 g/mol. The Hall–Kier alpha value is -1.79. The van der Waals surface area contributed by atoms with E-state index < -0.39 is 0 Å². The van der Waals surface area contributed by atoms with Crippen LogP contribution in [0.25, 0.3) is 0 Å². The van der Waals surface area contributed by atoms with Crippen LogP contribution in [0.4, 0.5) is 0 Å². The van der Waals surface area contributed by atoms with E-state index in [0.29, 0.717) is 5.75 Å². The number of hydrazone groups is 1. The fraction of sp³-hybridized carbons (Fsp3) is 0.250. The highest BCUT2D eigenvalue weighted by Gasteiger charge is 2.01. The van der Waals surface area contributed by atoms with E-state index in [0.717, 1.165) is 27.5 Å². The van der Waals surface area contributed by atoms with Crippen LogP contribution in [0.2, 0.25) is 0 Å². The minimum Gasteiger partial charge on any atom is -0.497 e. The van der Waals surface area contributed by atoms with Crippen molar-refractivity contribution in [1.82, 2.24) is 5.43 Å². The van der Waals surface area contributed by atoms with Crippen LogP contribution in [-0.4, -0.2) is 25.0 Å². The van der Waals surface area contributed by atoms with Crippen LogP contribution in [0.3, 0.4) is 0 Å². The highest BCUT2D eigenvalue weighted by Crippen LogP contribution is 2.16. The molecule has 0 bridgehead atoms. The molecule has 0 unspecified atom stereocenters. The van der Waals surface area contributed by atoms with Crippen molar-refractivity contribution in [2.45, 2.75) is 12.7 Å². The lowest BCUT2D eigenvalue weighted by Gasteiger charge is -2.03. The smallest absolute Gasteiger partial charge is 0.250 e. The van der Waals surface area contributed by atoms with E-state index in [-0.39, 0.29) is 5.91 Å². The fourth-order valence-electron chi connectivity index (χ4n) is 1.70. The Morgan fingerprint density at radius 1 is 1.36 bits per heavy atom. The van der Waals surface area contributed by atoms with Gasteiger partial charge in [0.2, 0.25) is 5.91 Å². The minimum atomic E-state index is -0.0935. The number of methoxy groups -OCH3 is 1. The van der Waals surface area contributed by atoms with Crippen LogP contribution < -0.4 is 10.2 Å². The first-order valence-electron chi connectivity index (χ1n) is 6.75. The molecular formula is C16H18N2O2S2. The summed E-state index contributed by atoms with van der Waals surface area (Å²) in [6.45, 7) is 2.02. The Kier molecular flexibility index (Phi) is 6.48. The maximum Gasteiger partial charge on any atom is 0.250 e. The summed E-state index contributed by atoms with van der Waals surface area (Å²) in [5, 5.41) is 5.98. The molecule has 0 radical (unpaired) electrons. The van der Waals surface area contributed by atoms with E-state index in [2.05, 4.69) is 10.5 Å². The number of hydrogen-bond donors (Lipinski definition) is 1. The number of nitrogens with one attached hydrogen (secondary N) is 1. The van der Waals surface area contributed by atoms with Crippen molar-refractivity contribution < 1.29 is 9.53 Å². The van der Waals surface area contributed by atoms with Gasteiger partial charge in [-0.15, -0.1) is 23.1 Å². The van der Waals surface area contributed by atoms with Gasteiger partial charge in [0.25, 0.3) is 0 Å². The molecule has 0 aliphatic carbocycles. The number of hydrogen-bond acceptors (Lipinski definition) is 5. The number of carbonyl (C=O) groups is 1. The average molecular weight is 334 g/mol. The first-order chi connectivity index (χ1) is 10.7. The van der Waals surface area contributed by atoms with Gasteiger partial charge < -0.3 is 4.74 Å². The molecule has 0 saturated heterocycles. The zero-order valence-electron chi connectivity index (χ0n) is 12.5. The van der Waals surface area contributed by atoms with Crippen molar-refractivity contribution >= 4 is 35.2 Å². The van der Waals surface area contributed by atoms with Crippen molar-refractivity contribution in [3.05, 3.63) is 51.7 Å². The molecule has 1 heterocycles. The molecule has 0 aliphatic rings. The largest absolute Gasteiger partial charge is 0.497 e. The molecule has 1 N–H and O–H groups in total. The van der Waals surface area contributed by atoms with Gasteiger partial charge in [0.15, 0.2) is 0 Å². The molecule has 0 spiro atoms. The van der Waals surface area contributed by atoms with Gasteiger partial charge in [-0.3, -0.25) is 4.79 Å².